The van der Waals surface area contributed by atoms with Crippen LogP contribution in [0.3, 0.4) is 0 Å². The Morgan fingerprint density at radius 2 is 1.60 bits per heavy atom. The second-order valence-corrected chi connectivity index (χ2v) is 7.86. The standard InChI is InChI=1S/C24H22N2O3S/c27-19(16-29-20-11-5-2-6-12-20)17-30-24-25-22-14-8-7-13-21(22)23(28)26(24)15-18-9-3-1-4-10-18/h1-14,19,27H,15-17H2/t19-/m1/s1. The lowest BCUT2D eigenvalue weighted by atomic mass is 10.2. The van der Waals surface area contributed by atoms with E-state index in [0.717, 1.165) is 5.56 Å². The molecule has 30 heavy (non-hydrogen) atoms. The molecule has 0 spiro atoms. The predicted molar refractivity (Wildman–Crippen MR) is 120 cm³/mol. The molecule has 152 valence electrons. The fourth-order valence-corrected chi connectivity index (χ4v) is 4.00. The fourth-order valence-electron chi connectivity index (χ4n) is 3.09. The van der Waals surface area contributed by atoms with E-state index in [2.05, 4.69) is 0 Å². The van der Waals surface area contributed by atoms with Crippen LogP contribution in [0.2, 0.25) is 0 Å². The van der Waals surface area contributed by atoms with E-state index in [0.29, 0.717) is 34.1 Å². The van der Waals surface area contributed by atoms with Crippen molar-refractivity contribution in [3.63, 3.8) is 0 Å². The van der Waals surface area contributed by atoms with E-state index in [4.69, 9.17) is 9.72 Å². The Morgan fingerprint density at radius 1 is 0.933 bits per heavy atom. The van der Waals surface area contributed by atoms with E-state index in [1.54, 1.807) is 10.6 Å². The summed E-state index contributed by atoms with van der Waals surface area (Å²) in [6.45, 7) is 0.601. The van der Waals surface area contributed by atoms with Gasteiger partial charge >= 0.3 is 0 Å². The van der Waals surface area contributed by atoms with Gasteiger partial charge in [-0.15, -0.1) is 0 Å². The smallest absolute Gasteiger partial charge is 0.262 e. The van der Waals surface area contributed by atoms with E-state index < -0.39 is 6.10 Å². The third kappa shape index (κ3) is 4.90. The van der Waals surface area contributed by atoms with Gasteiger partial charge in [-0.3, -0.25) is 9.36 Å². The summed E-state index contributed by atoms with van der Waals surface area (Å²) in [7, 11) is 0. The predicted octanol–water partition coefficient (Wildman–Crippen LogP) is 3.98. The average molecular weight is 419 g/mol. The number of aliphatic hydroxyl groups is 1. The number of hydrogen-bond acceptors (Lipinski definition) is 5. The van der Waals surface area contributed by atoms with Crippen LogP contribution >= 0.6 is 11.8 Å². The number of fused-ring (bicyclic) bond motifs is 1. The second-order valence-electron chi connectivity index (χ2n) is 6.88. The second kappa shape index (κ2) is 9.61. The van der Waals surface area contributed by atoms with E-state index in [1.165, 1.54) is 11.8 Å². The number of ether oxygens (including phenoxy) is 1. The van der Waals surface area contributed by atoms with Gasteiger partial charge in [-0.1, -0.05) is 72.4 Å². The van der Waals surface area contributed by atoms with Gasteiger partial charge in [0.2, 0.25) is 0 Å². The highest BCUT2D eigenvalue weighted by Crippen LogP contribution is 2.20. The molecule has 1 N–H and O–H groups in total. The van der Waals surface area contributed by atoms with Crippen LogP contribution in [0.25, 0.3) is 10.9 Å². The monoisotopic (exact) mass is 418 g/mol. The van der Waals surface area contributed by atoms with Crippen LogP contribution in [0.4, 0.5) is 0 Å². The molecule has 0 radical (unpaired) electrons. The molecule has 0 aliphatic carbocycles. The van der Waals surface area contributed by atoms with Crippen molar-refractivity contribution in [2.45, 2.75) is 17.8 Å². The van der Waals surface area contributed by atoms with Crippen molar-refractivity contribution in [2.75, 3.05) is 12.4 Å². The van der Waals surface area contributed by atoms with Gasteiger partial charge in [0.25, 0.3) is 5.56 Å². The van der Waals surface area contributed by atoms with Gasteiger partial charge in [0.15, 0.2) is 5.16 Å². The van der Waals surface area contributed by atoms with Gasteiger partial charge in [0, 0.05) is 5.75 Å². The third-order valence-electron chi connectivity index (χ3n) is 4.60. The number of para-hydroxylation sites is 2. The molecule has 4 rings (SSSR count). The van der Waals surface area contributed by atoms with E-state index in [1.807, 2.05) is 78.9 Å². The maximum Gasteiger partial charge on any atom is 0.262 e. The summed E-state index contributed by atoms with van der Waals surface area (Å²) >= 11 is 1.36. The largest absolute Gasteiger partial charge is 0.491 e. The molecule has 1 heterocycles. The third-order valence-corrected chi connectivity index (χ3v) is 5.72. The first kappa shape index (κ1) is 20.2. The normalized spacial score (nSPS) is 12.0. The lowest BCUT2D eigenvalue weighted by Gasteiger charge is -2.15. The minimum absolute atomic E-state index is 0.0815. The molecule has 0 fully saturated rings. The quantitative estimate of drug-likeness (QED) is 0.346. The Morgan fingerprint density at radius 3 is 2.37 bits per heavy atom. The van der Waals surface area contributed by atoms with Crippen LogP contribution in [0.15, 0.2) is 94.9 Å². The van der Waals surface area contributed by atoms with Gasteiger partial charge in [-0.25, -0.2) is 4.98 Å². The number of rotatable bonds is 8. The van der Waals surface area contributed by atoms with E-state index in [9.17, 15) is 9.90 Å². The lowest BCUT2D eigenvalue weighted by molar-refractivity contribution is 0.126. The van der Waals surface area contributed by atoms with Crippen LogP contribution in [-0.4, -0.2) is 33.1 Å². The van der Waals surface area contributed by atoms with Crippen molar-refractivity contribution in [1.82, 2.24) is 9.55 Å². The summed E-state index contributed by atoms with van der Waals surface area (Å²) in [5.41, 5.74) is 1.60. The number of benzene rings is 3. The Labute approximate surface area is 179 Å². The molecule has 1 atom stereocenters. The zero-order chi connectivity index (χ0) is 20.8. The van der Waals surface area contributed by atoms with Gasteiger partial charge in [0.1, 0.15) is 12.4 Å². The van der Waals surface area contributed by atoms with Gasteiger partial charge < -0.3 is 9.84 Å². The highest BCUT2D eigenvalue weighted by molar-refractivity contribution is 7.99. The summed E-state index contributed by atoms with van der Waals surface area (Å²) in [5, 5.41) is 11.5. The van der Waals surface area contributed by atoms with Crippen molar-refractivity contribution >= 4 is 22.7 Å². The van der Waals surface area contributed by atoms with Crippen LogP contribution in [0.1, 0.15) is 5.56 Å². The number of aromatic nitrogens is 2. The van der Waals surface area contributed by atoms with E-state index >= 15 is 0 Å². The molecule has 0 aliphatic rings. The highest BCUT2D eigenvalue weighted by atomic mass is 32.2. The Hall–Kier alpha value is -3.09. The Balaban J connectivity index is 1.54. The Kier molecular flexibility index (Phi) is 6.47. The molecule has 6 heteroatoms. The average Bonchev–Trinajstić information content (AvgIpc) is 2.80. The minimum atomic E-state index is -0.691. The van der Waals surface area contributed by atoms with Crippen LogP contribution in [0.5, 0.6) is 5.75 Å². The van der Waals surface area contributed by atoms with Crippen molar-refractivity contribution in [3.8, 4) is 5.75 Å². The molecule has 3 aromatic carbocycles. The molecule has 0 amide bonds. The molecule has 0 unspecified atom stereocenters. The summed E-state index contributed by atoms with van der Waals surface area (Å²) in [4.78, 5) is 17.8. The number of nitrogens with zero attached hydrogens (tertiary/aromatic N) is 2. The summed E-state index contributed by atoms with van der Waals surface area (Å²) in [6.07, 6.45) is -0.691. The Bertz CT molecular complexity index is 1160. The molecular formula is C24H22N2O3S. The molecule has 0 bridgehead atoms. The van der Waals surface area contributed by atoms with Crippen molar-refractivity contribution < 1.29 is 9.84 Å². The van der Waals surface area contributed by atoms with Gasteiger partial charge in [-0.2, -0.15) is 0 Å². The zero-order valence-corrected chi connectivity index (χ0v) is 17.2. The van der Waals surface area contributed by atoms with Crippen LogP contribution < -0.4 is 10.3 Å². The lowest BCUT2D eigenvalue weighted by Crippen LogP contribution is -2.25. The molecule has 0 saturated heterocycles. The number of hydrogen-bond donors (Lipinski definition) is 1. The number of aliphatic hydroxyl groups excluding tert-OH is 1. The first-order valence-electron chi connectivity index (χ1n) is 9.73. The topological polar surface area (TPSA) is 64.3 Å². The van der Waals surface area contributed by atoms with Crippen LogP contribution in [-0.2, 0) is 6.54 Å². The molecule has 4 aromatic rings. The number of thioether (sulfide) groups is 1. The summed E-state index contributed by atoms with van der Waals surface area (Å²) in [5.74, 6) is 1.08. The molecule has 5 nitrogen and oxygen atoms in total. The van der Waals surface area contributed by atoms with E-state index in [-0.39, 0.29) is 12.2 Å². The maximum absolute atomic E-state index is 13.1. The zero-order valence-electron chi connectivity index (χ0n) is 16.3. The minimum Gasteiger partial charge on any atom is -0.491 e. The first-order chi connectivity index (χ1) is 14.7. The summed E-state index contributed by atoms with van der Waals surface area (Å²) in [6, 6.07) is 26.5. The molecular weight excluding hydrogens is 396 g/mol. The maximum atomic E-state index is 13.1. The van der Waals surface area contributed by atoms with Crippen molar-refractivity contribution in [3.05, 3.63) is 101 Å². The fraction of sp³-hybridized carbons (Fsp3) is 0.167. The highest BCUT2D eigenvalue weighted by Gasteiger charge is 2.14. The van der Waals surface area contributed by atoms with Crippen molar-refractivity contribution in [1.29, 1.82) is 0 Å². The SMILES string of the molecule is O=c1c2ccccc2nc(SC[C@H](O)COc2ccccc2)n1Cc1ccccc1. The van der Waals surface area contributed by atoms with Gasteiger partial charge in [-0.05, 0) is 29.8 Å². The first-order valence-corrected chi connectivity index (χ1v) is 10.7. The molecule has 0 saturated carbocycles. The molecule has 0 aliphatic heterocycles. The van der Waals surface area contributed by atoms with Gasteiger partial charge in [0.05, 0.1) is 23.6 Å². The van der Waals surface area contributed by atoms with Crippen LogP contribution in [0, 0.1) is 0 Å². The summed E-state index contributed by atoms with van der Waals surface area (Å²) < 4.78 is 7.30. The van der Waals surface area contributed by atoms with Crippen molar-refractivity contribution in [2.24, 2.45) is 0 Å². The molecule has 1 aromatic heterocycles.